The lowest BCUT2D eigenvalue weighted by molar-refractivity contribution is -0.137. The third-order valence-electron chi connectivity index (χ3n) is 6.49. The minimum atomic E-state index is -4.65. The molecule has 0 bridgehead atoms. The highest BCUT2D eigenvalue weighted by atomic mass is 19.4. The minimum Gasteiger partial charge on any atom is -0.383 e. The molecule has 0 radical (unpaired) electrons. The quantitative estimate of drug-likeness (QED) is 0.229. The van der Waals surface area contributed by atoms with Crippen LogP contribution in [-0.4, -0.2) is 24.5 Å². The first-order valence-corrected chi connectivity index (χ1v) is 11.6. The SMILES string of the molecule is Cn1c(NC#N)nc2c3cc(-c4cnc(N)c(C(F)(F)F)c4)ccc3nc(-c3ccc(C(C)(C)C#N)nc3)c21. The van der Waals surface area contributed by atoms with Gasteiger partial charge in [0.25, 0.3) is 0 Å². The maximum atomic E-state index is 13.4. The Hall–Kier alpha value is -5.23. The molecule has 0 saturated heterocycles. The first kappa shape index (κ1) is 25.4. The highest BCUT2D eigenvalue weighted by Crippen LogP contribution is 2.38. The molecule has 1 aromatic carbocycles. The van der Waals surface area contributed by atoms with Crippen LogP contribution in [0.2, 0.25) is 0 Å². The Morgan fingerprint density at radius 1 is 0.949 bits per heavy atom. The molecular formula is C27H20F3N9. The molecule has 39 heavy (non-hydrogen) atoms. The van der Waals surface area contributed by atoms with Crippen LogP contribution < -0.4 is 11.1 Å². The van der Waals surface area contributed by atoms with Gasteiger partial charge >= 0.3 is 6.18 Å². The van der Waals surface area contributed by atoms with Crippen LogP contribution in [0.15, 0.2) is 48.8 Å². The standard InChI is InChI=1S/C27H20F3N9/c1-26(2,12-31)20-7-5-15(10-34-20)21-23-22(38-25(36-13-32)39(23)3)17-8-14(4-6-19(17)37-21)16-9-18(27(28,29)30)24(33)35-11-16/h4-11H,1-3H3,(H2,33,35)(H,36,38). The Morgan fingerprint density at radius 2 is 1.67 bits per heavy atom. The van der Waals surface area contributed by atoms with Gasteiger partial charge in [0.2, 0.25) is 5.95 Å². The lowest BCUT2D eigenvalue weighted by Crippen LogP contribution is -2.15. The highest BCUT2D eigenvalue weighted by molar-refractivity contribution is 6.09. The number of fused-ring (bicyclic) bond motifs is 3. The van der Waals surface area contributed by atoms with Crippen LogP contribution in [0, 0.1) is 22.8 Å². The summed E-state index contributed by atoms with van der Waals surface area (Å²) in [4.78, 5) is 17.7. The van der Waals surface area contributed by atoms with E-state index in [2.05, 4.69) is 26.3 Å². The number of aryl methyl sites for hydroxylation is 1. The lowest BCUT2D eigenvalue weighted by Gasteiger charge is -2.15. The van der Waals surface area contributed by atoms with Crippen molar-refractivity contribution in [2.24, 2.45) is 7.05 Å². The summed E-state index contributed by atoms with van der Waals surface area (Å²) in [6, 6.07) is 11.8. The maximum absolute atomic E-state index is 13.4. The molecule has 0 unspecified atom stereocenters. The molecule has 5 rings (SSSR count). The number of pyridine rings is 3. The van der Waals surface area contributed by atoms with Crippen LogP contribution in [0.4, 0.5) is 24.9 Å². The van der Waals surface area contributed by atoms with Crippen molar-refractivity contribution in [2.75, 3.05) is 11.1 Å². The summed E-state index contributed by atoms with van der Waals surface area (Å²) in [5.74, 6) is -0.340. The zero-order valence-corrected chi connectivity index (χ0v) is 21.0. The molecule has 12 heteroatoms. The van der Waals surface area contributed by atoms with E-state index in [0.29, 0.717) is 44.5 Å². The van der Waals surface area contributed by atoms with Crippen LogP contribution >= 0.6 is 0 Å². The number of benzene rings is 1. The number of alkyl halides is 3. The molecule has 0 saturated carbocycles. The smallest absolute Gasteiger partial charge is 0.383 e. The molecule has 0 atom stereocenters. The van der Waals surface area contributed by atoms with Crippen molar-refractivity contribution in [1.29, 1.82) is 10.5 Å². The summed E-state index contributed by atoms with van der Waals surface area (Å²) in [5.41, 5.74) is 7.75. The number of nitrogens with one attached hydrogen (secondary N) is 1. The summed E-state index contributed by atoms with van der Waals surface area (Å²) in [5, 5.41) is 21.8. The Bertz CT molecular complexity index is 1840. The van der Waals surface area contributed by atoms with Gasteiger partial charge in [0.05, 0.1) is 39.5 Å². The summed E-state index contributed by atoms with van der Waals surface area (Å²) in [7, 11) is 1.72. The number of hydrogen-bond donors (Lipinski definition) is 2. The maximum Gasteiger partial charge on any atom is 0.419 e. The van der Waals surface area contributed by atoms with E-state index in [4.69, 9.17) is 10.7 Å². The first-order valence-electron chi connectivity index (χ1n) is 11.6. The Labute approximate surface area is 220 Å². The van der Waals surface area contributed by atoms with E-state index in [9.17, 15) is 23.7 Å². The molecule has 0 aliphatic carbocycles. The third-order valence-corrected chi connectivity index (χ3v) is 6.49. The molecule has 0 aliphatic heterocycles. The largest absolute Gasteiger partial charge is 0.419 e. The number of imidazole rings is 1. The summed E-state index contributed by atoms with van der Waals surface area (Å²) < 4.78 is 42.0. The van der Waals surface area contributed by atoms with E-state index < -0.39 is 23.0 Å². The normalized spacial score (nSPS) is 11.9. The molecule has 3 N–H and O–H groups in total. The number of nitrogens with zero attached hydrogens (tertiary/aromatic N) is 7. The molecule has 0 aliphatic rings. The van der Waals surface area contributed by atoms with Crippen molar-refractivity contribution in [2.45, 2.75) is 25.4 Å². The van der Waals surface area contributed by atoms with Gasteiger partial charge in [0.15, 0.2) is 6.19 Å². The van der Waals surface area contributed by atoms with Gasteiger partial charge in [0.1, 0.15) is 11.3 Å². The van der Waals surface area contributed by atoms with Gasteiger partial charge in [-0.15, -0.1) is 0 Å². The number of nitrogen functional groups attached to an aromatic ring is 1. The number of anilines is 2. The second-order valence-corrected chi connectivity index (χ2v) is 9.44. The summed E-state index contributed by atoms with van der Waals surface area (Å²) in [6.07, 6.45) is 0.113. The van der Waals surface area contributed by atoms with Crippen molar-refractivity contribution in [1.82, 2.24) is 24.5 Å². The fourth-order valence-electron chi connectivity index (χ4n) is 4.32. The van der Waals surface area contributed by atoms with Crippen molar-refractivity contribution in [3.63, 3.8) is 0 Å². The van der Waals surface area contributed by atoms with Crippen molar-refractivity contribution < 1.29 is 13.2 Å². The van der Waals surface area contributed by atoms with E-state index in [0.717, 1.165) is 6.07 Å². The van der Waals surface area contributed by atoms with Gasteiger partial charge in [-0.3, -0.25) is 10.3 Å². The van der Waals surface area contributed by atoms with Crippen molar-refractivity contribution in [3.05, 3.63) is 60.0 Å². The second kappa shape index (κ2) is 8.96. The van der Waals surface area contributed by atoms with Crippen LogP contribution in [0.25, 0.3) is 44.3 Å². The van der Waals surface area contributed by atoms with E-state index in [-0.39, 0.29) is 11.5 Å². The van der Waals surface area contributed by atoms with Crippen LogP contribution in [0.1, 0.15) is 25.1 Å². The van der Waals surface area contributed by atoms with Crippen LogP contribution in [0.3, 0.4) is 0 Å². The fourth-order valence-corrected chi connectivity index (χ4v) is 4.32. The molecule has 9 nitrogen and oxygen atoms in total. The molecule has 0 spiro atoms. The monoisotopic (exact) mass is 527 g/mol. The van der Waals surface area contributed by atoms with Crippen LogP contribution in [0.5, 0.6) is 0 Å². The second-order valence-electron chi connectivity index (χ2n) is 9.44. The number of rotatable bonds is 4. The van der Waals surface area contributed by atoms with Gasteiger partial charge in [-0.1, -0.05) is 6.07 Å². The van der Waals surface area contributed by atoms with Crippen molar-refractivity contribution in [3.8, 4) is 34.6 Å². The number of halogens is 3. The summed E-state index contributed by atoms with van der Waals surface area (Å²) in [6.45, 7) is 3.54. The lowest BCUT2D eigenvalue weighted by atomic mass is 9.90. The average Bonchev–Trinajstić information content (AvgIpc) is 3.24. The molecule has 194 valence electrons. The van der Waals surface area contributed by atoms with Gasteiger partial charge in [-0.2, -0.15) is 23.7 Å². The minimum absolute atomic E-state index is 0.224. The highest BCUT2D eigenvalue weighted by Gasteiger charge is 2.34. The molecule has 4 aromatic heterocycles. The third kappa shape index (κ3) is 4.32. The van der Waals surface area contributed by atoms with E-state index in [1.165, 1.54) is 6.20 Å². The first-order chi connectivity index (χ1) is 18.4. The average molecular weight is 528 g/mol. The zero-order valence-electron chi connectivity index (χ0n) is 21.0. The molecular weight excluding hydrogens is 507 g/mol. The number of aromatic nitrogens is 5. The fraction of sp³-hybridized carbons (Fsp3) is 0.185. The Kier molecular flexibility index (Phi) is 5.84. The molecule has 4 heterocycles. The number of nitrogens with two attached hydrogens (primary N) is 1. The van der Waals surface area contributed by atoms with Gasteiger partial charge in [-0.25, -0.2) is 15.0 Å². The zero-order chi connectivity index (χ0) is 28.1. The van der Waals surface area contributed by atoms with Gasteiger partial charge < -0.3 is 10.3 Å². The summed E-state index contributed by atoms with van der Waals surface area (Å²) >= 11 is 0. The van der Waals surface area contributed by atoms with Crippen molar-refractivity contribution >= 4 is 33.7 Å². The Balaban J connectivity index is 1.74. The predicted molar refractivity (Wildman–Crippen MR) is 140 cm³/mol. The number of nitriles is 2. The van der Waals surface area contributed by atoms with Gasteiger partial charge in [0, 0.05) is 36.0 Å². The van der Waals surface area contributed by atoms with E-state index >= 15 is 0 Å². The predicted octanol–water partition coefficient (Wildman–Crippen LogP) is 5.54. The Morgan fingerprint density at radius 3 is 2.31 bits per heavy atom. The van der Waals surface area contributed by atoms with E-state index in [1.54, 1.807) is 55.9 Å². The number of hydrogen-bond acceptors (Lipinski definition) is 8. The van der Waals surface area contributed by atoms with E-state index in [1.807, 2.05) is 12.3 Å². The topological polar surface area (TPSA) is 142 Å². The molecule has 0 amide bonds. The van der Waals surface area contributed by atoms with Gasteiger partial charge in [-0.05, 0) is 49.7 Å². The molecule has 5 aromatic rings. The molecule has 0 fully saturated rings. The van der Waals surface area contributed by atoms with Crippen LogP contribution in [-0.2, 0) is 18.6 Å².